The van der Waals surface area contributed by atoms with Gasteiger partial charge in [-0.25, -0.2) is 4.39 Å². The van der Waals surface area contributed by atoms with Crippen LogP contribution in [-0.4, -0.2) is 4.92 Å². The van der Waals surface area contributed by atoms with Gasteiger partial charge in [-0.05, 0) is 6.07 Å². The first-order valence-electron chi connectivity index (χ1n) is 3.38. The number of nitrogens with two attached hydrogens (primary N) is 1. The van der Waals surface area contributed by atoms with Crippen molar-refractivity contribution in [3.8, 4) is 0 Å². The van der Waals surface area contributed by atoms with Gasteiger partial charge >= 0.3 is 5.69 Å². The van der Waals surface area contributed by atoms with Gasteiger partial charge in [0, 0.05) is 12.1 Å². The Morgan fingerprint density at radius 1 is 1.38 bits per heavy atom. The molecule has 0 spiro atoms. The van der Waals surface area contributed by atoms with Crippen molar-refractivity contribution in [1.82, 2.24) is 0 Å². The first-order valence-corrected chi connectivity index (χ1v) is 3.38. The standard InChI is InChI=1S/C7H6F2N2O2/c8-5-2-7(11(12)13)6(9)1-4(5)3-10/h1-2H,3,10H2. The SMILES string of the molecule is NCc1cc(F)c([N+](=O)[O-])cc1F. The fourth-order valence-electron chi connectivity index (χ4n) is 0.874. The Hall–Kier alpha value is -1.56. The highest BCUT2D eigenvalue weighted by Gasteiger charge is 2.17. The zero-order chi connectivity index (χ0) is 10.0. The fourth-order valence-corrected chi connectivity index (χ4v) is 0.874. The summed E-state index contributed by atoms with van der Waals surface area (Å²) in [6.45, 7) is -0.194. The van der Waals surface area contributed by atoms with Crippen LogP contribution in [0.15, 0.2) is 12.1 Å². The quantitative estimate of drug-likeness (QED) is 0.562. The summed E-state index contributed by atoms with van der Waals surface area (Å²) < 4.78 is 25.6. The second kappa shape index (κ2) is 3.44. The summed E-state index contributed by atoms with van der Waals surface area (Å²) in [7, 11) is 0. The average Bonchev–Trinajstić information content (AvgIpc) is 2.07. The highest BCUT2D eigenvalue weighted by atomic mass is 19.1. The van der Waals surface area contributed by atoms with Crippen molar-refractivity contribution >= 4 is 5.69 Å². The van der Waals surface area contributed by atoms with Crippen LogP contribution in [0.1, 0.15) is 5.56 Å². The van der Waals surface area contributed by atoms with Crippen LogP contribution in [0.2, 0.25) is 0 Å². The Morgan fingerprint density at radius 3 is 2.46 bits per heavy atom. The average molecular weight is 188 g/mol. The molecule has 0 unspecified atom stereocenters. The lowest BCUT2D eigenvalue weighted by molar-refractivity contribution is -0.387. The molecule has 0 amide bonds. The fraction of sp³-hybridized carbons (Fsp3) is 0.143. The van der Waals surface area contributed by atoms with E-state index in [2.05, 4.69) is 0 Å². The van der Waals surface area contributed by atoms with Crippen LogP contribution >= 0.6 is 0 Å². The van der Waals surface area contributed by atoms with Gasteiger partial charge in [0.05, 0.1) is 11.0 Å². The van der Waals surface area contributed by atoms with Gasteiger partial charge in [0.15, 0.2) is 0 Å². The Bertz CT molecular complexity index is 355. The topological polar surface area (TPSA) is 69.2 Å². The summed E-state index contributed by atoms with van der Waals surface area (Å²) in [6.07, 6.45) is 0. The molecule has 0 bridgehead atoms. The molecule has 0 saturated carbocycles. The number of nitrogens with zero attached hydrogens (tertiary/aromatic N) is 1. The van der Waals surface area contributed by atoms with Gasteiger partial charge < -0.3 is 5.73 Å². The van der Waals surface area contributed by atoms with Crippen LogP contribution in [0, 0.1) is 21.7 Å². The molecule has 0 aromatic heterocycles. The highest BCUT2D eigenvalue weighted by Crippen LogP contribution is 2.20. The second-order valence-corrected chi connectivity index (χ2v) is 2.36. The van der Waals surface area contributed by atoms with E-state index in [-0.39, 0.29) is 12.1 Å². The minimum atomic E-state index is -1.08. The maximum atomic E-state index is 12.8. The third-order valence-corrected chi connectivity index (χ3v) is 1.53. The summed E-state index contributed by atoms with van der Waals surface area (Å²) in [5.41, 5.74) is 4.11. The molecule has 1 aromatic carbocycles. The van der Waals surface area contributed by atoms with Crippen molar-refractivity contribution in [3.63, 3.8) is 0 Å². The first-order chi connectivity index (χ1) is 6.06. The Morgan fingerprint density at radius 2 is 2.00 bits per heavy atom. The molecule has 1 rings (SSSR count). The number of hydrogen-bond donors (Lipinski definition) is 1. The number of hydrogen-bond acceptors (Lipinski definition) is 3. The summed E-state index contributed by atoms with van der Waals surface area (Å²) >= 11 is 0. The van der Waals surface area contributed by atoms with Crippen LogP contribution in [0.5, 0.6) is 0 Å². The van der Waals surface area contributed by atoms with Gasteiger partial charge in [-0.3, -0.25) is 10.1 Å². The summed E-state index contributed by atoms with van der Waals surface area (Å²) in [6, 6.07) is 1.25. The van der Waals surface area contributed by atoms with E-state index in [9.17, 15) is 18.9 Å². The lowest BCUT2D eigenvalue weighted by Crippen LogP contribution is -2.02. The number of rotatable bonds is 2. The van der Waals surface area contributed by atoms with Crippen LogP contribution < -0.4 is 5.73 Å². The van der Waals surface area contributed by atoms with Crippen molar-refractivity contribution in [3.05, 3.63) is 39.4 Å². The first kappa shape index (κ1) is 9.53. The van der Waals surface area contributed by atoms with Gasteiger partial charge in [0.25, 0.3) is 0 Å². The summed E-state index contributed by atoms with van der Waals surface area (Å²) in [5, 5.41) is 10.1. The predicted molar refractivity (Wildman–Crippen MR) is 40.9 cm³/mol. The van der Waals surface area contributed by atoms with Crippen molar-refractivity contribution < 1.29 is 13.7 Å². The lowest BCUT2D eigenvalue weighted by Gasteiger charge is -1.99. The smallest absolute Gasteiger partial charge is 0.307 e. The van der Waals surface area contributed by atoms with Crippen molar-refractivity contribution in [1.29, 1.82) is 0 Å². The third kappa shape index (κ3) is 1.78. The predicted octanol–water partition coefficient (Wildman–Crippen LogP) is 1.33. The lowest BCUT2D eigenvalue weighted by atomic mass is 10.2. The molecule has 0 radical (unpaired) electrons. The molecule has 6 heteroatoms. The molecule has 0 aliphatic carbocycles. The number of halogens is 2. The van der Waals surface area contributed by atoms with Gasteiger partial charge in [-0.15, -0.1) is 0 Å². The summed E-state index contributed by atoms with van der Waals surface area (Å²) in [5.74, 6) is -1.94. The molecule has 70 valence electrons. The monoisotopic (exact) mass is 188 g/mol. The zero-order valence-electron chi connectivity index (χ0n) is 6.46. The molecule has 4 nitrogen and oxygen atoms in total. The van der Waals surface area contributed by atoms with E-state index in [1.807, 2.05) is 0 Å². The molecule has 2 N–H and O–H groups in total. The maximum Gasteiger partial charge on any atom is 0.307 e. The number of nitro benzene ring substituents is 1. The molecule has 0 aliphatic rings. The maximum absolute atomic E-state index is 12.8. The highest BCUT2D eigenvalue weighted by molar-refractivity contribution is 5.36. The van der Waals surface area contributed by atoms with Gasteiger partial charge in [0.2, 0.25) is 5.82 Å². The van der Waals surface area contributed by atoms with Crippen LogP contribution in [0.25, 0.3) is 0 Å². The van der Waals surface area contributed by atoms with E-state index in [1.165, 1.54) is 0 Å². The van der Waals surface area contributed by atoms with E-state index in [0.29, 0.717) is 6.07 Å². The number of benzene rings is 1. The molecule has 13 heavy (non-hydrogen) atoms. The van der Waals surface area contributed by atoms with E-state index >= 15 is 0 Å². The molecule has 0 saturated heterocycles. The molecule has 0 heterocycles. The minimum absolute atomic E-state index is 0.0805. The molecular weight excluding hydrogens is 182 g/mol. The zero-order valence-corrected chi connectivity index (χ0v) is 6.46. The Balaban J connectivity index is 3.28. The van der Waals surface area contributed by atoms with Crippen LogP contribution in [0.3, 0.4) is 0 Å². The Kier molecular flexibility index (Phi) is 2.52. The minimum Gasteiger partial charge on any atom is -0.326 e. The number of nitro groups is 1. The van der Waals surface area contributed by atoms with E-state index in [0.717, 1.165) is 6.07 Å². The molecular formula is C7H6F2N2O2. The molecule has 1 aromatic rings. The third-order valence-electron chi connectivity index (χ3n) is 1.53. The normalized spacial score (nSPS) is 10.1. The van der Waals surface area contributed by atoms with Crippen molar-refractivity contribution in [2.75, 3.05) is 0 Å². The van der Waals surface area contributed by atoms with E-state index < -0.39 is 22.2 Å². The van der Waals surface area contributed by atoms with Crippen LogP contribution in [-0.2, 0) is 6.54 Å². The van der Waals surface area contributed by atoms with E-state index in [4.69, 9.17) is 5.73 Å². The van der Waals surface area contributed by atoms with Gasteiger partial charge in [-0.2, -0.15) is 4.39 Å². The Labute approximate surface area is 72.1 Å². The van der Waals surface area contributed by atoms with Crippen molar-refractivity contribution in [2.45, 2.75) is 6.54 Å². The van der Waals surface area contributed by atoms with Crippen LogP contribution in [0.4, 0.5) is 14.5 Å². The molecule has 0 aliphatic heterocycles. The second-order valence-electron chi connectivity index (χ2n) is 2.36. The largest absolute Gasteiger partial charge is 0.326 e. The van der Waals surface area contributed by atoms with Crippen molar-refractivity contribution in [2.24, 2.45) is 5.73 Å². The van der Waals surface area contributed by atoms with E-state index in [1.54, 1.807) is 0 Å². The molecule has 0 atom stereocenters. The molecule has 0 fully saturated rings. The summed E-state index contributed by atoms with van der Waals surface area (Å²) in [4.78, 5) is 9.15. The van der Waals surface area contributed by atoms with Gasteiger partial charge in [-0.1, -0.05) is 0 Å². The van der Waals surface area contributed by atoms with Gasteiger partial charge in [0.1, 0.15) is 5.82 Å².